The van der Waals surface area contributed by atoms with Crippen molar-refractivity contribution in [2.45, 2.75) is 22.6 Å². The molecule has 3 aromatic rings. The minimum atomic E-state index is -4.17. The molecule has 0 aliphatic carbocycles. The van der Waals surface area contributed by atoms with Crippen LogP contribution < -0.4 is 15.2 Å². The summed E-state index contributed by atoms with van der Waals surface area (Å²) in [6.45, 7) is -0.114. The molecule has 0 fully saturated rings. The minimum absolute atomic E-state index is 0.0145. The van der Waals surface area contributed by atoms with Crippen LogP contribution in [0.4, 0.5) is 5.69 Å². The number of carboxylic acids is 1. The third kappa shape index (κ3) is 5.27. The minimum Gasteiger partial charge on any atom is -0.497 e. The molecule has 0 saturated heterocycles. The fourth-order valence-electron chi connectivity index (χ4n) is 3.37. The van der Waals surface area contributed by atoms with Gasteiger partial charge in [0.1, 0.15) is 11.5 Å². The quantitative estimate of drug-likeness (QED) is 0.303. The van der Waals surface area contributed by atoms with Gasteiger partial charge in [0.25, 0.3) is 0 Å². The molecule has 0 aromatic heterocycles. The number of aromatic carboxylic acids is 1. The highest BCUT2D eigenvalue weighted by Crippen LogP contribution is 2.39. The molecule has 0 saturated carbocycles. The van der Waals surface area contributed by atoms with Crippen LogP contribution in [0.2, 0.25) is 0 Å². The Kier molecular flexibility index (Phi) is 7.57. The molecule has 0 aliphatic rings. The lowest BCUT2D eigenvalue weighted by molar-refractivity contribution is 0.0695. The van der Waals surface area contributed by atoms with E-state index in [4.69, 9.17) is 20.3 Å². The van der Waals surface area contributed by atoms with Gasteiger partial charge >= 0.3 is 5.97 Å². The van der Waals surface area contributed by atoms with Crippen molar-refractivity contribution in [3.63, 3.8) is 0 Å². The molecule has 0 radical (unpaired) electrons. The third-order valence-electron chi connectivity index (χ3n) is 5.05. The highest BCUT2D eigenvalue weighted by Gasteiger charge is 2.29. The Balaban J connectivity index is 2.21. The monoisotopic (exact) mass is 471 g/mol. The standard InChI is InChI=1S/C24H25NO7S/c1-31-17-8-10-18(11-9-17)33(29,30)21-15-20(24(27)28)19(14-16-6-3-2-4-7-16)23(22(21)25)32-13-5-12-26/h2-4,6-11,15,26H,5,12-14,25H2,1H3,(H,27,28). The second-order valence-corrected chi connectivity index (χ2v) is 9.13. The number of carbonyl (C=O) groups is 1. The van der Waals surface area contributed by atoms with Crippen LogP contribution in [-0.4, -0.2) is 44.9 Å². The van der Waals surface area contributed by atoms with E-state index in [0.29, 0.717) is 5.75 Å². The molecule has 9 heteroatoms. The number of methoxy groups -OCH3 is 1. The molecule has 174 valence electrons. The SMILES string of the molecule is COc1ccc(S(=O)(=O)c2cc(C(=O)O)c(Cc3ccccc3)c(OCCCO)c2N)cc1. The van der Waals surface area contributed by atoms with E-state index < -0.39 is 15.8 Å². The molecule has 3 rings (SSSR count). The third-order valence-corrected chi connectivity index (χ3v) is 6.86. The number of hydrogen-bond donors (Lipinski definition) is 3. The largest absolute Gasteiger partial charge is 0.497 e. The van der Waals surface area contributed by atoms with E-state index >= 15 is 0 Å². The fourth-order valence-corrected chi connectivity index (χ4v) is 4.77. The Bertz CT molecular complexity index is 1220. The maximum atomic E-state index is 13.4. The van der Waals surface area contributed by atoms with Crippen LogP contribution in [0.15, 0.2) is 70.5 Å². The van der Waals surface area contributed by atoms with E-state index in [9.17, 15) is 18.3 Å². The first-order valence-corrected chi connectivity index (χ1v) is 11.6. The second kappa shape index (κ2) is 10.4. The molecule has 0 spiro atoms. The van der Waals surface area contributed by atoms with Crippen molar-refractivity contribution >= 4 is 21.5 Å². The molecule has 0 amide bonds. The van der Waals surface area contributed by atoms with E-state index in [1.165, 1.54) is 31.4 Å². The van der Waals surface area contributed by atoms with Gasteiger partial charge < -0.3 is 25.4 Å². The van der Waals surface area contributed by atoms with E-state index in [0.717, 1.165) is 11.6 Å². The number of hydrogen-bond acceptors (Lipinski definition) is 7. The molecule has 8 nitrogen and oxygen atoms in total. The zero-order valence-corrected chi connectivity index (χ0v) is 18.8. The van der Waals surface area contributed by atoms with Gasteiger partial charge in [0.15, 0.2) is 0 Å². The molecule has 4 N–H and O–H groups in total. The second-order valence-electron chi connectivity index (χ2n) is 7.22. The number of aliphatic hydroxyl groups is 1. The summed E-state index contributed by atoms with van der Waals surface area (Å²) in [6, 6.07) is 15.9. The van der Waals surface area contributed by atoms with Crippen molar-refractivity contribution < 1.29 is 32.9 Å². The molecular formula is C24H25NO7S. The lowest BCUT2D eigenvalue weighted by Gasteiger charge is -2.19. The van der Waals surface area contributed by atoms with Crippen LogP contribution in [-0.2, 0) is 16.3 Å². The summed E-state index contributed by atoms with van der Waals surface area (Å²) in [5.41, 5.74) is 6.95. The van der Waals surface area contributed by atoms with Crippen LogP contribution in [0.25, 0.3) is 0 Å². The lowest BCUT2D eigenvalue weighted by atomic mass is 9.97. The van der Waals surface area contributed by atoms with Crippen LogP contribution in [0.5, 0.6) is 11.5 Å². The molecule has 0 unspecified atom stereocenters. The summed E-state index contributed by atoms with van der Waals surface area (Å²) in [6.07, 6.45) is 0.437. The van der Waals surface area contributed by atoms with Gasteiger partial charge in [-0.25, -0.2) is 13.2 Å². The Morgan fingerprint density at radius 2 is 1.73 bits per heavy atom. The van der Waals surface area contributed by atoms with Crippen molar-refractivity contribution in [1.29, 1.82) is 0 Å². The number of sulfone groups is 1. The van der Waals surface area contributed by atoms with Crippen molar-refractivity contribution in [1.82, 2.24) is 0 Å². The first-order valence-electron chi connectivity index (χ1n) is 10.1. The van der Waals surface area contributed by atoms with E-state index in [1.807, 2.05) is 30.3 Å². The van der Waals surface area contributed by atoms with Gasteiger partial charge in [-0.3, -0.25) is 0 Å². The topological polar surface area (TPSA) is 136 Å². The molecule has 33 heavy (non-hydrogen) atoms. The Labute approximate surface area is 192 Å². The summed E-state index contributed by atoms with van der Waals surface area (Å²) in [5, 5.41) is 19.0. The van der Waals surface area contributed by atoms with E-state index in [2.05, 4.69) is 0 Å². The van der Waals surface area contributed by atoms with E-state index in [1.54, 1.807) is 0 Å². The molecule has 0 bridgehead atoms. The average molecular weight is 472 g/mol. The van der Waals surface area contributed by atoms with Crippen LogP contribution >= 0.6 is 0 Å². The van der Waals surface area contributed by atoms with Gasteiger partial charge in [0.05, 0.1) is 34.8 Å². The smallest absolute Gasteiger partial charge is 0.336 e. The van der Waals surface area contributed by atoms with Crippen molar-refractivity contribution in [3.05, 3.63) is 77.4 Å². The summed E-state index contributed by atoms with van der Waals surface area (Å²) >= 11 is 0. The van der Waals surface area contributed by atoms with Gasteiger partial charge in [-0.1, -0.05) is 30.3 Å². The zero-order valence-electron chi connectivity index (χ0n) is 18.0. The molecule has 0 aliphatic heterocycles. The van der Waals surface area contributed by atoms with Crippen molar-refractivity contribution in [2.75, 3.05) is 26.1 Å². The van der Waals surface area contributed by atoms with Crippen molar-refractivity contribution in [2.24, 2.45) is 0 Å². The first-order chi connectivity index (χ1) is 15.8. The number of anilines is 1. The summed E-state index contributed by atoms with van der Waals surface area (Å²) < 4.78 is 37.6. The Morgan fingerprint density at radius 3 is 2.30 bits per heavy atom. The maximum Gasteiger partial charge on any atom is 0.336 e. The summed E-state index contributed by atoms with van der Waals surface area (Å²) in [7, 11) is -2.71. The fraction of sp³-hybridized carbons (Fsp3) is 0.208. The van der Waals surface area contributed by atoms with Gasteiger partial charge in [-0.15, -0.1) is 0 Å². The predicted octanol–water partition coefficient (Wildman–Crippen LogP) is 3.16. The van der Waals surface area contributed by atoms with Gasteiger partial charge in [-0.05, 0) is 35.9 Å². The first kappa shape index (κ1) is 24.1. The predicted molar refractivity (Wildman–Crippen MR) is 123 cm³/mol. The highest BCUT2D eigenvalue weighted by atomic mass is 32.2. The van der Waals surface area contributed by atoms with E-state index in [-0.39, 0.29) is 58.4 Å². The zero-order chi connectivity index (χ0) is 24.0. The number of ether oxygens (including phenoxy) is 2. The molecule has 3 aromatic carbocycles. The molecular weight excluding hydrogens is 446 g/mol. The van der Waals surface area contributed by atoms with Crippen molar-refractivity contribution in [3.8, 4) is 11.5 Å². The van der Waals surface area contributed by atoms with Gasteiger partial charge in [-0.2, -0.15) is 0 Å². The number of nitrogen functional groups attached to an aromatic ring is 1. The summed E-state index contributed by atoms with van der Waals surface area (Å²) in [4.78, 5) is 11.7. The summed E-state index contributed by atoms with van der Waals surface area (Å²) in [5.74, 6) is -0.849. The number of aliphatic hydroxyl groups excluding tert-OH is 1. The van der Waals surface area contributed by atoms with Crippen LogP contribution in [0.1, 0.15) is 27.9 Å². The van der Waals surface area contributed by atoms with Crippen LogP contribution in [0.3, 0.4) is 0 Å². The van der Waals surface area contributed by atoms with Crippen LogP contribution in [0, 0.1) is 0 Å². The lowest BCUT2D eigenvalue weighted by Crippen LogP contribution is -2.15. The van der Waals surface area contributed by atoms with Gasteiger partial charge in [0.2, 0.25) is 9.84 Å². The molecule has 0 atom stereocenters. The van der Waals surface area contributed by atoms with Gasteiger partial charge in [0, 0.05) is 25.0 Å². The Morgan fingerprint density at radius 1 is 1.06 bits per heavy atom. The number of rotatable bonds is 10. The number of benzene rings is 3. The number of nitrogens with two attached hydrogens (primary N) is 1. The number of carboxylic acid groups (broad SMARTS) is 1. The normalized spacial score (nSPS) is 11.2. The Hall–Kier alpha value is -3.56. The maximum absolute atomic E-state index is 13.4. The molecule has 0 heterocycles. The highest BCUT2D eigenvalue weighted by molar-refractivity contribution is 7.91. The average Bonchev–Trinajstić information content (AvgIpc) is 2.81.